The third-order valence-electron chi connectivity index (χ3n) is 3.17. The van der Waals surface area contributed by atoms with Crippen LogP contribution in [0.25, 0.3) is 0 Å². The van der Waals surface area contributed by atoms with Crippen molar-refractivity contribution in [3.63, 3.8) is 0 Å². The molecule has 0 aliphatic carbocycles. The van der Waals surface area contributed by atoms with Gasteiger partial charge in [-0.1, -0.05) is 60.4 Å². The van der Waals surface area contributed by atoms with E-state index < -0.39 is 0 Å². The van der Waals surface area contributed by atoms with Crippen LogP contribution in [0.1, 0.15) is 28.8 Å². The highest BCUT2D eigenvalue weighted by Gasteiger charge is 2.09. The zero-order chi connectivity index (χ0) is 14.9. The lowest BCUT2D eigenvalue weighted by atomic mass is 10.1. The van der Waals surface area contributed by atoms with E-state index in [4.69, 9.17) is 0 Å². The van der Waals surface area contributed by atoms with Gasteiger partial charge in [-0.25, -0.2) is 0 Å². The molecule has 0 radical (unpaired) electrons. The minimum Gasteiger partial charge on any atom is -0.294 e. The summed E-state index contributed by atoms with van der Waals surface area (Å²) in [6.45, 7) is 0. The van der Waals surface area contributed by atoms with E-state index in [1.807, 2.05) is 66.9 Å². The summed E-state index contributed by atoms with van der Waals surface area (Å²) < 4.78 is 0. The van der Waals surface area contributed by atoms with Crippen molar-refractivity contribution < 1.29 is 4.79 Å². The van der Waals surface area contributed by atoms with E-state index in [1.165, 1.54) is 0 Å². The van der Waals surface area contributed by atoms with Crippen LogP contribution >= 0.6 is 11.8 Å². The molecule has 1 nitrogen and oxygen atoms in total. The van der Waals surface area contributed by atoms with Gasteiger partial charge >= 0.3 is 0 Å². The molecule has 0 unspecified atom stereocenters. The van der Waals surface area contributed by atoms with Crippen LogP contribution in [-0.2, 0) is 0 Å². The van der Waals surface area contributed by atoms with Crippen LogP contribution in [0.3, 0.4) is 0 Å². The number of hydrogen-bond acceptors (Lipinski definition) is 2. The molecule has 0 fully saturated rings. The monoisotopic (exact) mass is 294 g/mol. The van der Waals surface area contributed by atoms with Crippen LogP contribution in [0.15, 0.2) is 60.7 Å². The smallest absolute Gasteiger partial charge is 0.162 e. The molecule has 0 bridgehead atoms. The van der Waals surface area contributed by atoms with E-state index >= 15 is 0 Å². The Balaban J connectivity index is 1.92. The number of Topliss-reactive ketones (excluding diaryl/α,β-unsaturated/α-hetero) is 1. The van der Waals surface area contributed by atoms with Crippen molar-refractivity contribution in [2.45, 2.75) is 18.1 Å². The van der Waals surface area contributed by atoms with Gasteiger partial charge in [-0.2, -0.15) is 0 Å². The highest BCUT2D eigenvalue weighted by Crippen LogP contribution is 2.15. The third-order valence-corrected chi connectivity index (χ3v) is 4.09. The van der Waals surface area contributed by atoms with Gasteiger partial charge < -0.3 is 0 Å². The molecule has 1 atom stereocenters. The Kier molecular flexibility index (Phi) is 6.12. The minimum absolute atomic E-state index is 0.191. The number of benzene rings is 2. The molecule has 2 aromatic rings. The second kappa shape index (κ2) is 8.34. The maximum Gasteiger partial charge on any atom is 0.162 e. The zero-order valence-corrected chi connectivity index (χ0v) is 12.9. The molecule has 0 heterocycles. The van der Waals surface area contributed by atoms with Crippen molar-refractivity contribution >= 4 is 17.5 Å². The molecular weight excluding hydrogens is 276 g/mol. The Labute approximate surface area is 130 Å². The van der Waals surface area contributed by atoms with Crippen molar-refractivity contribution in [1.29, 1.82) is 0 Å². The molecule has 0 N–H and O–H groups in total. The van der Waals surface area contributed by atoms with E-state index in [0.29, 0.717) is 6.42 Å². The highest BCUT2D eigenvalue weighted by molar-refractivity contribution is 7.99. The number of carbonyl (C=O) groups excluding carboxylic acids is 1. The van der Waals surface area contributed by atoms with Gasteiger partial charge in [0, 0.05) is 17.5 Å². The van der Waals surface area contributed by atoms with Crippen molar-refractivity contribution in [1.82, 2.24) is 0 Å². The number of rotatable bonds is 5. The fourth-order valence-corrected chi connectivity index (χ4v) is 2.50. The van der Waals surface area contributed by atoms with Crippen LogP contribution < -0.4 is 0 Å². The van der Waals surface area contributed by atoms with Crippen LogP contribution in [0, 0.1) is 11.8 Å². The molecule has 2 aromatic carbocycles. The molecule has 106 valence electrons. The topological polar surface area (TPSA) is 17.1 Å². The average molecular weight is 294 g/mol. The van der Waals surface area contributed by atoms with Crippen molar-refractivity contribution in [2.24, 2.45) is 0 Å². The van der Waals surface area contributed by atoms with Crippen LogP contribution in [-0.4, -0.2) is 17.3 Å². The molecule has 0 aliphatic rings. The first kappa shape index (κ1) is 15.4. The van der Waals surface area contributed by atoms with Crippen LogP contribution in [0.5, 0.6) is 0 Å². The van der Waals surface area contributed by atoms with Crippen molar-refractivity contribution in [3.8, 4) is 11.8 Å². The molecule has 21 heavy (non-hydrogen) atoms. The number of hydrogen-bond donors (Lipinski definition) is 0. The maximum absolute atomic E-state index is 12.1. The molecule has 0 saturated carbocycles. The molecule has 0 aliphatic heterocycles. The first-order valence-electron chi connectivity index (χ1n) is 6.97. The zero-order valence-electron chi connectivity index (χ0n) is 12.1. The number of thioether (sulfide) groups is 1. The van der Waals surface area contributed by atoms with Gasteiger partial charge in [0.2, 0.25) is 0 Å². The SMILES string of the molecule is CS[C@H](C#Cc1ccccc1)CCC(=O)c1ccccc1. The van der Waals surface area contributed by atoms with Crippen LogP contribution in [0.2, 0.25) is 0 Å². The molecular formula is C19H18OS. The van der Waals surface area contributed by atoms with Gasteiger partial charge in [0.25, 0.3) is 0 Å². The summed E-state index contributed by atoms with van der Waals surface area (Å²) in [6, 6.07) is 19.4. The Morgan fingerprint density at radius 2 is 1.67 bits per heavy atom. The van der Waals surface area contributed by atoms with E-state index in [2.05, 4.69) is 11.8 Å². The van der Waals surface area contributed by atoms with Gasteiger partial charge in [0.1, 0.15) is 0 Å². The summed E-state index contributed by atoms with van der Waals surface area (Å²) >= 11 is 1.70. The first-order chi connectivity index (χ1) is 10.3. The summed E-state index contributed by atoms with van der Waals surface area (Å²) in [5, 5.41) is 0.192. The van der Waals surface area contributed by atoms with Gasteiger partial charge in [-0.05, 0) is 24.8 Å². The third kappa shape index (κ3) is 5.13. The molecule has 0 saturated heterocycles. The minimum atomic E-state index is 0.191. The Bertz CT molecular complexity index is 623. The summed E-state index contributed by atoms with van der Waals surface area (Å²) in [6.07, 6.45) is 3.37. The predicted molar refractivity (Wildman–Crippen MR) is 90.6 cm³/mol. The lowest BCUT2D eigenvalue weighted by Gasteiger charge is -2.06. The lowest BCUT2D eigenvalue weighted by molar-refractivity contribution is 0.0981. The second-order valence-corrected chi connectivity index (χ2v) is 5.73. The van der Waals surface area contributed by atoms with Gasteiger partial charge in [0.05, 0.1) is 5.25 Å². The average Bonchev–Trinajstić information content (AvgIpc) is 2.56. The number of ketones is 1. The Morgan fingerprint density at radius 1 is 1.05 bits per heavy atom. The van der Waals surface area contributed by atoms with Gasteiger partial charge in [-0.3, -0.25) is 4.79 Å². The Morgan fingerprint density at radius 3 is 2.29 bits per heavy atom. The molecule has 0 amide bonds. The molecule has 2 rings (SSSR count). The second-order valence-electron chi connectivity index (χ2n) is 4.69. The van der Waals surface area contributed by atoms with E-state index in [-0.39, 0.29) is 11.0 Å². The molecule has 0 spiro atoms. The summed E-state index contributed by atoms with van der Waals surface area (Å²) in [5.41, 5.74) is 1.80. The normalized spacial score (nSPS) is 11.3. The van der Waals surface area contributed by atoms with E-state index in [0.717, 1.165) is 17.5 Å². The van der Waals surface area contributed by atoms with E-state index in [1.54, 1.807) is 11.8 Å². The van der Waals surface area contributed by atoms with E-state index in [9.17, 15) is 4.79 Å². The summed E-state index contributed by atoms with van der Waals surface area (Å²) in [7, 11) is 0. The predicted octanol–water partition coefficient (Wildman–Crippen LogP) is 4.43. The quantitative estimate of drug-likeness (QED) is 0.599. The van der Waals surface area contributed by atoms with Gasteiger partial charge in [-0.15, -0.1) is 11.8 Å². The van der Waals surface area contributed by atoms with Crippen molar-refractivity contribution in [2.75, 3.05) is 6.26 Å². The highest BCUT2D eigenvalue weighted by atomic mass is 32.2. The fourth-order valence-electron chi connectivity index (χ4n) is 1.96. The Hall–Kier alpha value is -1.98. The van der Waals surface area contributed by atoms with Gasteiger partial charge in [0.15, 0.2) is 5.78 Å². The van der Waals surface area contributed by atoms with Crippen molar-refractivity contribution in [3.05, 3.63) is 71.8 Å². The summed E-state index contributed by atoms with van der Waals surface area (Å²) in [5.74, 6) is 6.62. The standard InChI is InChI=1S/C19H18OS/c1-21-18(13-12-16-8-4-2-5-9-16)14-15-19(20)17-10-6-3-7-11-17/h2-11,18H,14-15H2,1H3/t18-/m1/s1. The molecule has 0 aromatic heterocycles. The first-order valence-corrected chi connectivity index (χ1v) is 8.26. The largest absolute Gasteiger partial charge is 0.294 e. The number of carbonyl (C=O) groups is 1. The summed E-state index contributed by atoms with van der Waals surface area (Å²) in [4.78, 5) is 12.1. The maximum atomic E-state index is 12.1. The van der Waals surface area contributed by atoms with Crippen LogP contribution in [0.4, 0.5) is 0 Å². The lowest BCUT2D eigenvalue weighted by Crippen LogP contribution is -2.05. The fraction of sp³-hybridized carbons (Fsp3) is 0.211. The molecule has 2 heteroatoms.